The Morgan fingerprint density at radius 1 is 1.00 bits per heavy atom. The molecule has 27 heavy (non-hydrogen) atoms. The summed E-state index contributed by atoms with van der Waals surface area (Å²) in [5, 5.41) is 0. The lowest BCUT2D eigenvalue weighted by molar-refractivity contribution is 0.101. The molecule has 5 nitrogen and oxygen atoms in total. The maximum atomic E-state index is 13.3. The molecular weight excluding hydrogens is 374 g/mol. The number of sulfonamides is 1. The Hall–Kier alpha value is -2.16. The van der Waals surface area contributed by atoms with E-state index in [0.29, 0.717) is 30.8 Å². The topological polar surface area (TPSA) is 57.7 Å². The molecule has 2 aromatic rings. The van der Waals surface area contributed by atoms with E-state index in [1.54, 1.807) is 12.1 Å². The molecule has 144 valence electrons. The fourth-order valence-corrected chi connectivity index (χ4v) is 4.52. The number of halogens is 2. The zero-order valence-corrected chi connectivity index (χ0v) is 15.7. The first-order valence-corrected chi connectivity index (χ1v) is 9.99. The lowest BCUT2D eigenvalue weighted by Crippen LogP contribution is -2.48. The van der Waals surface area contributed by atoms with Crippen LogP contribution >= 0.6 is 0 Å². The van der Waals surface area contributed by atoms with Gasteiger partial charge in [-0.15, -0.1) is 0 Å². The maximum absolute atomic E-state index is 13.3. The van der Waals surface area contributed by atoms with Gasteiger partial charge in [-0.3, -0.25) is 9.69 Å². The summed E-state index contributed by atoms with van der Waals surface area (Å²) in [6.07, 6.45) is 0. The van der Waals surface area contributed by atoms with Crippen LogP contribution in [0.2, 0.25) is 0 Å². The van der Waals surface area contributed by atoms with Crippen LogP contribution in [0.3, 0.4) is 0 Å². The Morgan fingerprint density at radius 2 is 1.70 bits per heavy atom. The fraction of sp³-hybridized carbons (Fsp3) is 0.316. The van der Waals surface area contributed by atoms with Crippen molar-refractivity contribution in [2.24, 2.45) is 0 Å². The third kappa shape index (κ3) is 4.40. The summed E-state index contributed by atoms with van der Waals surface area (Å²) < 4.78 is 53.4. The van der Waals surface area contributed by atoms with Crippen molar-refractivity contribution in [2.75, 3.05) is 26.2 Å². The number of ketones is 1. The first-order chi connectivity index (χ1) is 12.8. The first-order valence-electron chi connectivity index (χ1n) is 8.55. The molecule has 2 aromatic carbocycles. The molecule has 1 heterocycles. The molecule has 0 radical (unpaired) electrons. The van der Waals surface area contributed by atoms with E-state index < -0.39 is 21.7 Å². The minimum absolute atomic E-state index is 0.101. The molecule has 1 aliphatic heterocycles. The monoisotopic (exact) mass is 394 g/mol. The minimum Gasteiger partial charge on any atom is -0.296 e. The molecule has 0 amide bonds. The highest BCUT2D eigenvalue weighted by atomic mass is 32.2. The van der Waals surface area contributed by atoms with E-state index in [4.69, 9.17) is 0 Å². The summed E-state index contributed by atoms with van der Waals surface area (Å²) in [7, 11) is -3.68. The van der Waals surface area contributed by atoms with E-state index in [-0.39, 0.29) is 23.8 Å². The van der Waals surface area contributed by atoms with Gasteiger partial charge in [0.15, 0.2) is 17.4 Å². The second-order valence-electron chi connectivity index (χ2n) is 6.51. The molecule has 0 aromatic heterocycles. The maximum Gasteiger partial charge on any atom is 0.243 e. The van der Waals surface area contributed by atoms with Crippen molar-refractivity contribution in [2.45, 2.75) is 18.4 Å². The SMILES string of the molecule is CC(=O)c1cccc(S(=O)(=O)N2CCN(Cc3ccc(F)c(F)c3)CC2)c1. The van der Waals surface area contributed by atoms with Crippen LogP contribution < -0.4 is 0 Å². The summed E-state index contributed by atoms with van der Waals surface area (Å²) in [6.45, 7) is 3.34. The molecule has 0 saturated carbocycles. The third-order valence-electron chi connectivity index (χ3n) is 4.60. The van der Waals surface area contributed by atoms with Crippen LogP contribution in [0.4, 0.5) is 8.78 Å². The second-order valence-corrected chi connectivity index (χ2v) is 8.45. The summed E-state index contributed by atoms with van der Waals surface area (Å²) in [5.74, 6) is -1.97. The molecule has 1 saturated heterocycles. The summed E-state index contributed by atoms with van der Waals surface area (Å²) in [6, 6.07) is 9.79. The van der Waals surface area contributed by atoms with Gasteiger partial charge in [-0.2, -0.15) is 4.31 Å². The van der Waals surface area contributed by atoms with Gasteiger partial charge in [-0.1, -0.05) is 18.2 Å². The highest BCUT2D eigenvalue weighted by molar-refractivity contribution is 7.89. The van der Waals surface area contributed by atoms with Crippen molar-refractivity contribution < 1.29 is 22.0 Å². The van der Waals surface area contributed by atoms with Gasteiger partial charge in [0.05, 0.1) is 4.90 Å². The molecule has 0 N–H and O–H groups in total. The molecule has 0 bridgehead atoms. The molecule has 1 aliphatic rings. The van der Waals surface area contributed by atoms with Crippen LogP contribution in [0.25, 0.3) is 0 Å². The Morgan fingerprint density at radius 3 is 2.33 bits per heavy atom. The van der Waals surface area contributed by atoms with Gasteiger partial charge >= 0.3 is 0 Å². The van der Waals surface area contributed by atoms with E-state index in [2.05, 4.69) is 0 Å². The van der Waals surface area contributed by atoms with Crippen molar-refractivity contribution in [3.8, 4) is 0 Å². The van der Waals surface area contributed by atoms with E-state index in [1.807, 2.05) is 4.90 Å². The number of carbonyl (C=O) groups is 1. The number of benzene rings is 2. The largest absolute Gasteiger partial charge is 0.296 e. The molecule has 1 fully saturated rings. The van der Waals surface area contributed by atoms with E-state index in [1.165, 1.54) is 29.4 Å². The van der Waals surface area contributed by atoms with Gasteiger partial charge in [0.1, 0.15) is 0 Å². The summed E-state index contributed by atoms with van der Waals surface area (Å²) in [5.41, 5.74) is 0.993. The van der Waals surface area contributed by atoms with Crippen LogP contribution in [-0.4, -0.2) is 49.6 Å². The average molecular weight is 394 g/mol. The van der Waals surface area contributed by atoms with E-state index in [0.717, 1.165) is 12.1 Å². The van der Waals surface area contributed by atoms with Gasteiger partial charge in [0.2, 0.25) is 10.0 Å². The smallest absolute Gasteiger partial charge is 0.243 e. The zero-order chi connectivity index (χ0) is 19.6. The fourth-order valence-electron chi connectivity index (χ4n) is 3.05. The number of hydrogen-bond acceptors (Lipinski definition) is 4. The van der Waals surface area contributed by atoms with Gasteiger partial charge in [0, 0.05) is 38.3 Å². The molecule has 8 heteroatoms. The highest BCUT2D eigenvalue weighted by Gasteiger charge is 2.28. The Kier molecular flexibility index (Phi) is 5.69. The molecule has 3 rings (SSSR count). The minimum atomic E-state index is -3.68. The third-order valence-corrected chi connectivity index (χ3v) is 6.49. The lowest BCUT2D eigenvalue weighted by Gasteiger charge is -2.34. The Labute approximate surface area is 157 Å². The predicted octanol–water partition coefficient (Wildman–Crippen LogP) is 2.67. The first kappa shape index (κ1) is 19.6. The number of rotatable bonds is 5. The molecule has 0 aliphatic carbocycles. The molecular formula is C19H20F2N2O3S. The van der Waals surface area contributed by atoms with Crippen molar-refractivity contribution >= 4 is 15.8 Å². The number of piperazine rings is 1. The molecule has 0 spiro atoms. The van der Waals surface area contributed by atoms with Crippen LogP contribution in [0, 0.1) is 11.6 Å². The van der Waals surface area contributed by atoms with Crippen LogP contribution in [0.1, 0.15) is 22.8 Å². The van der Waals surface area contributed by atoms with Gasteiger partial charge in [-0.05, 0) is 36.8 Å². The Balaban J connectivity index is 1.66. The number of nitrogens with zero attached hydrogens (tertiary/aromatic N) is 2. The zero-order valence-electron chi connectivity index (χ0n) is 14.9. The van der Waals surface area contributed by atoms with Crippen molar-refractivity contribution in [3.05, 3.63) is 65.2 Å². The average Bonchev–Trinajstić information content (AvgIpc) is 2.65. The van der Waals surface area contributed by atoms with E-state index in [9.17, 15) is 22.0 Å². The molecule has 0 unspecified atom stereocenters. The van der Waals surface area contributed by atoms with Crippen LogP contribution in [0.15, 0.2) is 47.4 Å². The summed E-state index contributed by atoms with van der Waals surface area (Å²) >= 11 is 0. The van der Waals surface area contributed by atoms with Gasteiger partial charge in [0.25, 0.3) is 0 Å². The summed E-state index contributed by atoms with van der Waals surface area (Å²) in [4.78, 5) is 13.6. The molecule has 0 atom stereocenters. The quantitative estimate of drug-likeness (QED) is 0.732. The predicted molar refractivity (Wildman–Crippen MR) is 96.8 cm³/mol. The number of carbonyl (C=O) groups excluding carboxylic acids is 1. The standard InChI is InChI=1S/C19H20F2N2O3S/c1-14(24)16-3-2-4-17(12-16)27(25,26)23-9-7-22(8-10-23)13-15-5-6-18(20)19(21)11-15/h2-6,11-12H,7-10,13H2,1H3. The number of hydrogen-bond donors (Lipinski definition) is 0. The Bertz CT molecular complexity index is 955. The van der Waals surface area contributed by atoms with E-state index >= 15 is 0 Å². The van der Waals surface area contributed by atoms with Crippen molar-refractivity contribution in [1.29, 1.82) is 0 Å². The van der Waals surface area contributed by atoms with Crippen molar-refractivity contribution in [1.82, 2.24) is 9.21 Å². The van der Waals surface area contributed by atoms with Crippen LogP contribution in [-0.2, 0) is 16.6 Å². The highest BCUT2D eigenvalue weighted by Crippen LogP contribution is 2.20. The van der Waals surface area contributed by atoms with Gasteiger partial charge < -0.3 is 0 Å². The van der Waals surface area contributed by atoms with Gasteiger partial charge in [-0.25, -0.2) is 17.2 Å². The normalized spacial score (nSPS) is 16.4. The lowest BCUT2D eigenvalue weighted by atomic mass is 10.2. The second kappa shape index (κ2) is 7.84. The van der Waals surface area contributed by atoms with Crippen LogP contribution in [0.5, 0.6) is 0 Å². The van der Waals surface area contributed by atoms with Crippen molar-refractivity contribution in [3.63, 3.8) is 0 Å². The number of Topliss-reactive ketones (excluding diaryl/α,β-unsaturated/α-hetero) is 1.